The van der Waals surface area contributed by atoms with Crippen LogP contribution in [0.2, 0.25) is 0 Å². The van der Waals surface area contributed by atoms with Crippen LogP contribution in [-0.4, -0.2) is 120 Å². The number of halogens is 2. The standard InChI is InChI=1S/C61H76N10O8.2ClH/c1-36(62-3)56(74)68-50(60(78)70-31-11-21-52(70)58(76)66-48-19-9-15-38-13-5-7-17-46(38)48)27-29-54(72)64-42-23-25-44-40(34-42)33-41-35-43(24-26-45(41)44)65-55(73)30-28-51(69-57(75)37(2)63-4)61(79)71-32-12-22-53(71)59(77)67-49-20-10-16-39-14-6-8-18-47(39)49;;/h5-8,13-14,17-18,23-26,34-37,48-53,62-63H,9-12,15-16,19-22,27-33H2,1-4H3,(H,64,72)(H,65,73)(H,66,76)(H,67,77)(H,68,74)(H,69,75);2*1H/t36-,37-,48+,49+,50-,51-,52-,53-;;/m0../s1. The van der Waals surface area contributed by atoms with Gasteiger partial charge in [0.25, 0.3) is 0 Å². The van der Waals surface area contributed by atoms with Crippen molar-refractivity contribution in [3.8, 4) is 11.1 Å². The van der Waals surface area contributed by atoms with E-state index in [9.17, 15) is 38.4 Å². The van der Waals surface area contributed by atoms with Crippen LogP contribution < -0.4 is 42.5 Å². The van der Waals surface area contributed by atoms with Gasteiger partial charge in [-0.05, 0) is 180 Å². The van der Waals surface area contributed by atoms with Gasteiger partial charge in [0, 0.05) is 37.3 Å². The number of benzene rings is 4. The monoisotopic (exact) mass is 1150 g/mol. The van der Waals surface area contributed by atoms with Gasteiger partial charge in [0.1, 0.15) is 24.2 Å². The van der Waals surface area contributed by atoms with Gasteiger partial charge in [-0.15, -0.1) is 24.8 Å². The first kappa shape index (κ1) is 61.8. The van der Waals surface area contributed by atoms with E-state index in [1.807, 2.05) is 72.8 Å². The van der Waals surface area contributed by atoms with Gasteiger partial charge in [-0.2, -0.15) is 0 Å². The second-order valence-corrected chi connectivity index (χ2v) is 21.9. The van der Waals surface area contributed by atoms with Crippen LogP contribution in [0.3, 0.4) is 0 Å². The van der Waals surface area contributed by atoms with E-state index in [1.165, 1.54) is 11.1 Å². The molecule has 2 saturated heterocycles. The number of amides is 8. The number of nitrogens with one attached hydrogen (secondary N) is 8. The van der Waals surface area contributed by atoms with Crippen molar-refractivity contribution in [2.45, 2.75) is 158 Å². The van der Waals surface area contributed by atoms with Gasteiger partial charge in [-0.3, -0.25) is 38.4 Å². The molecule has 0 unspecified atom stereocenters. The first-order valence-corrected chi connectivity index (χ1v) is 28.4. The van der Waals surface area contributed by atoms with Crippen LogP contribution in [0.25, 0.3) is 11.1 Å². The zero-order chi connectivity index (χ0) is 55.7. The molecule has 18 nitrogen and oxygen atoms in total. The molecule has 2 heterocycles. The third-order valence-electron chi connectivity index (χ3n) is 16.7. The summed E-state index contributed by atoms with van der Waals surface area (Å²) in [7, 11) is 3.30. The molecule has 81 heavy (non-hydrogen) atoms. The predicted molar refractivity (Wildman–Crippen MR) is 316 cm³/mol. The van der Waals surface area contributed by atoms with E-state index in [2.05, 4.69) is 54.7 Å². The fraction of sp³-hybridized carbons (Fsp3) is 0.475. The van der Waals surface area contributed by atoms with Gasteiger partial charge in [-0.1, -0.05) is 60.7 Å². The molecule has 0 radical (unpaired) electrons. The number of carbonyl (C=O) groups excluding carboxylic acids is 8. The van der Waals surface area contributed by atoms with E-state index in [1.54, 1.807) is 37.7 Å². The second-order valence-electron chi connectivity index (χ2n) is 21.9. The summed E-state index contributed by atoms with van der Waals surface area (Å²) in [6.45, 7) is 4.10. The first-order valence-electron chi connectivity index (χ1n) is 28.4. The van der Waals surface area contributed by atoms with Crippen LogP contribution in [0.5, 0.6) is 0 Å². The molecule has 4 aromatic rings. The Morgan fingerprint density at radius 2 is 0.926 bits per heavy atom. The number of carbonyl (C=O) groups is 8. The van der Waals surface area contributed by atoms with Gasteiger partial charge in [0.2, 0.25) is 47.3 Å². The lowest BCUT2D eigenvalue weighted by molar-refractivity contribution is -0.142. The molecule has 8 N–H and O–H groups in total. The van der Waals surface area contributed by atoms with E-state index in [4.69, 9.17) is 0 Å². The molecule has 0 aromatic heterocycles. The third-order valence-corrected chi connectivity index (χ3v) is 16.7. The van der Waals surface area contributed by atoms with Crippen molar-refractivity contribution in [1.82, 2.24) is 41.7 Å². The van der Waals surface area contributed by atoms with Crippen LogP contribution in [0, 0.1) is 0 Å². The Morgan fingerprint density at radius 1 is 0.519 bits per heavy atom. The molecule has 0 bridgehead atoms. The maximum atomic E-state index is 14.3. The highest BCUT2D eigenvalue weighted by atomic mass is 35.5. The van der Waals surface area contributed by atoms with Crippen molar-refractivity contribution in [3.63, 3.8) is 0 Å². The minimum atomic E-state index is -1.04. The van der Waals surface area contributed by atoms with Gasteiger partial charge in [0.05, 0.1) is 24.2 Å². The summed E-state index contributed by atoms with van der Waals surface area (Å²) in [6.07, 6.45) is 8.17. The molecule has 2 fully saturated rings. The number of likely N-dealkylation sites (N-methyl/N-ethyl adjacent to an activating group) is 2. The van der Waals surface area contributed by atoms with Gasteiger partial charge >= 0.3 is 0 Å². The zero-order valence-corrected chi connectivity index (χ0v) is 48.3. The summed E-state index contributed by atoms with van der Waals surface area (Å²) in [5, 5.41) is 23.9. The second kappa shape index (κ2) is 28.2. The maximum Gasteiger partial charge on any atom is 0.245 e. The van der Waals surface area contributed by atoms with Crippen LogP contribution in [0.15, 0.2) is 84.9 Å². The Balaban J connectivity index is 0.00000473. The molecule has 8 amide bonds. The molecule has 8 atom stereocenters. The number of rotatable bonds is 20. The van der Waals surface area contributed by atoms with E-state index < -0.39 is 59.9 Å². The van der Waals surface area contributed by atoms with Crippen LogP contribution in [0.1, 0.15) is 136 Å². The molecule has 434 valence electrons. The number of nitrogens with zero attached hydrogens (tertiary/aromatic N) is 2. The number of fused-ring (bicyclic) bond motifs is 5. The number of hydrogen-bond acceptors (Lipinski definition) is 10. The summed E-state index contributed by atoms with van der Waals surface area (Å²) in [4.78, 5) is 113. The van der Waals surface area contributed by atoms with Crippen molar-refractivity contribution in [3.05, 3.63) is 118 Å². The lowest BCUT2D eigenvalue weighted by atomic mass is 9.87. The summed E-state index contributed by atoms with van der Waals surface area (Å²) >= 11 is 0. The summed E-state index contributed by atoms with van der Waals surface area (Å²) in [5.74, 6) is -2.68. The lowest BCUT2D eigenvalue weighted by Gasteiger charge is -2.32. The number of hydrogen-bond donors (Lipinski definition) is 8. The molecule has 0 spiro atoms. The zero-order valence-electron chi connectivity index (χ0n) is 46.7. The molecule has 0 saturated carbocycles. The van der Waals surface area contributed by atoms with Crippen molar-refractivity contribution in [2.24, 2.45) is 0 Å². The number of anilines is 2. The highest BCUT2D eigenvalue weighted by Gasteiger charge is 2.41. The smallest absolute Gasteiger partial charge is 0.245 e. The Kier molecular flexibility index (Phi) is 21.5. The van der Waals surface area contributed by atoms with E-state index >= 15 is 0 Å². The molecule has 5 aliphatic rings. The van der Waals surface area contributed by atoms with Crippen LogP contribution in [-0.2, 0) is 57.6 Å². The molecule has 4 aromatic carbocycles. The minimum Gasteiger partial charge on any atom is -0.347 e. The SMILES string of the molecule is CN[C@@H](C)C(=O)N[C@@H](CCC(=O)Nc1ccc2c(c1)Cc1cc(NC(=O)CC[C@H](NC(=O)[C@H](C)NC)C(=O)N3CCC[C@H]3C(=O)N[C@@H]3CCCc4ccccc43)ccc1-2)C(=O)N1CCC[C@H]1C(=O)N[C@@H]1CCCc2ccccc21.Cl.Cl. The van der Waals surface area contributed by atoms with Crippen LogP contribution >= 0.6 is 24.8 Å². The van der Waals surface area contributed by atoms with E-state index in [0.29, 0.717) is 56.6 Å². The van der Waals surface area contributed by atoms with Crippen molar-refractivity contribution in [1.29, 1.82) is 0 Å². The predicted octanol–water partition coefficient (Wildman–Crippen LogP) is 6.09. The highest BCUT2D eigenvalue weighted by Crippen LogP contribution is 2.40. The molecule has 2 aliphatic heterocycles. The average Bonchev–Trinajstić information content (AvgIpc) is 4.26. The van der Waals surface area contributed by atoms with Gasteiger partial charge < -0.3 is 52.3 Å². The first-order chi connectivity index (χ1) is 38.2. The largest absolute Gasteiger partial charge is 0.347 e. The van der Waals surface area contributed by atoms with Gasteiger partial charge in [0.15, 0.2) is 0 Å². The third kappa shape index (κ3) is 14.6. The average molecular weight is 1150 g/mol. The van der Waals surface area contributed by atoms with Crippen molar-refractivity contribution >= 4 is 83.4 Å². The van der Waals surface area contributed by atoms with Gasteiger partial charge in [-0.25, -0.2) is 0 Å². The van der Waals surface area contributed by atoms with E-state index in [-0.39, 0.29) is 86.2 Å². The molecular weight excluding hydrogens is 1070 g/mol. The van der Waals surface area contributed by atoms with Crippen molar-refractivity contribution in [2.75, 3.05) is 37.8 Å². The molecular formula is C61H78Cl2N10O8. The lowest BCUT2D eigenvalue weighted by Crippen LogP contribution is -2.55. The summed E-state index contributed by atoms with van der Waals surface area (Å²) in [5.41, 5.74) is 9.70. The Hall–Kier alpha value is -6.86. The highest BCUT2D eigenvalue weighted by molar-refractivity contribution is 5.97. The topological polar surface area (TPSA) is 239 Å². The van der Waals surface area contributed by atoms with E-state index in [0.717, 1.165) is 71.9 Å². The Bertz CT molecular complexity index is 2780. The molecule has 20 heteroatoms. The molecule has 9 rings (SSSR count). The minimum absolute atomic E-state index is 0. The number of likely N-dealkylation sites (tertiary alicyclic amines) is 2. The number of aryl methyl sites for hydroxylation is 2. The maximum absolute atomic E-state index is 14.3. The fourth-order valence-corrected chi connectivity index (χ4v) is 12.1. The Morgan fingerprint density at radius 3 is 1.33 bits per heavy atom. The Labute approximate surface area is 487 Å². The fourth-order valence-electron chi connectivity index (χ4n) is 12.1. The normalized spacial score (nSPS) is 20.0. The summed E-state index contributed by atoms with van der Waals surface area (Å²) in [6, 6.07) is 22.7. The van der Waals surface area contributed by atoms with Crippen LogP contribution in [0.4, 0.5) is 11.4 Å². The molecule has 3 aliphatic carbocycles. The quantitative estimate of drug-likeness (QED) is 0.0446. The summed E-state index contributed by atoms with van der Waals surface area (Å²) < 4.78 is 0. The van der Waals surface area contributed by atoms with Crippen molar-refractivity contribution < 1.29 is 38.4 Å².